The van der Waals surface area contributed by atoms with Gasteiger partial charge in [0.05, 0.1) is 15.9 Å². The van der Waals surface area contributed by atoms with Crippen molar-refractivity contribution < 1.29 is 17.4 Å². The Morgan fingerprint density at radius 1 is 0.862 bits per heavy atom. The number of rotatable bonds is 10. The fourth-order valence-corrected chi connectivity index (χ4v) is 7.63. The highest BCUT2D eigenvalue weighted by molar-refractivity contribution is 8.03. The van der Waals surface area contributed by atoms with Crippen LogP contribution in [0.25, 0.3) is 0 Å². The monoisotopic (exact) mass is 435 g/mol. The molecule has 3 rings (SSSR count). The molecule has 2 aromatic carbocycles. The molecule has 7 heteroatoms. The third kappa shape index (κ3) is 5.47. The van der Waals surface area contributed by atoms with Crippen molar-refractivity contribution in [3.8, 4) is 0 Å². The number of aryl methyl sites for hydroxylation is 1. The number of epoxide rings is 1. The van der Waals surface area contributed by atoms with Crippen LogP contribution in [0.3, 0.4) is 0 Å². The molecule has 1 aliphatic heterocycles. The lowest BCUT2D eigenvalue weighted by molar-refractivity contribution is 0.379. The zero-order valence-corrected chi connectivity index (χ0v) is 18.6. The van der Waals surface area contributed by atoms with Gasteiger partial charge in [0.25, 0.3) is 10.0 Å². The van der Waals surface area contributed by atoms with E-state index in [1.54, 1.807) is 42.5 Å². The third-order valence-electron chi connectivity index (χ3n) is 5.05. The molecule has 2 aromatic rings. The Bertz CT molecular complexity index is 1020. The first-order valence-corrected chi connectivity index (χ1v) is 13.2. The van der Waals surface area contributed by atoms with Crippen LogP contribution >= 0.6 is 0 Å². The van der Waals surface area contributed by atoms with E-state index in [-0.39, 0.29) is 11.0 Å². The van der Waals surface area contributed by atoms with Gasteiger partial charge in [0.1, 0.15) is 9.73 Å². The molecule has 1 heterocycles. The molecule has 0 N–H and O–H groups in total. The summed E-state index contributed by atoms with van der Waals surface area (Å²) in [5, 5.41) is 0. The molecule has 0 saturated carbocycles. The molecular formula is C22H29NO4S2. The van der Waals surface area contributed by atoms with Gasteiger partial charge >= 0.3 is 0 Å². The third-order valence-corrected chi connectivity index (χ3v) is 9.58. The number of nitrogens with zero attached hydrogens (tertiary/aromatic N) is 1. The van der Waals surface area contributed by atoms with Gasteiger partial charge in [0.2, 0.25) is 0 Å². The van der Waals surface area contributed by atoms with Gasteiger partial charge in [-0.15, -0.1) is 0 Å². The van der Waals surface area contributed by atoms with Crippen LogP contribution in [-0.2, 0) is 24.5 Å². The zero-order chi connectivity index (χ0) is 20.9. The van der Waals surface area contributed by atoms with Crippen LogP contribution in [0.1, 0.15) is 51.0 Å². The van der Waals surface area contributed by atoms with E-state index < -0.39 is 25.2 Å². The summed E-state index contributed by atoms with van der Waals surface area (Å²) in [4.78, 5) is 0.442. The number of hydrogen-bond donors (Lipinski definition) is 0. The minimum absolute atomic E-state index is 0.0449. The summed E-state index contributed by atoms with van der Waals surface area (Å²) >= 11 is 0. The smallest absolute Gasteiger partial charge is 0.290 e. The van der Waals surface area contributed by atoms with E-state index in [4.69, 9.17) is 4.74 Å². The van der Waals surface area contributed by atoms with Crippen molar-refractivity contribution in [2.24, 2.45) is 3.77 Å². The molecule has 0 radical (unpaired) electrons. The molecule has 1 aliphatic rings. The predicted octanol–water partition coefficient (Wildman–Crippen LogP) is 5.30. The number of ether oxygens (including phenoxy) is 1. The number of benzene rings is 2. The van der Waals surface area contributed by atoms with Crippen LogP contribution in [0, 0.1) is 6.92 Å². The second kappa shape index (κ2) is 9.41. The summed E-state index contributed by atoms with van der Waals surface area (Å²) in [6.07, 6.45) is 6.22. The van der Waals surface area contributed by atoms with Gasteiger partial charge in [-0.25, -0.2) is 4.21 Å². The van der Waals surface area contributed by atoms with Gasteiger partial charge < -0.3 is 4.74 Å². The number of unbranched alkanes of at least 4 members (excludes halogenated alkanes) is 4. The van der Waals surface area contributed by atoms with Gasteiger partial charge in [-0.05, 0) is 37.6 Å². The zero-order valence-electron chi connectivity index (χ0n) is 17.0. The first-order valence-electron chi connectivity index (χ1n) is 10.2. The van der Waals surface area contributed by atoms with E-state index in [9.17, 15) is 12.6 Å². The Kier molecular flexibility index (Phi) is 7.14. The van der Waals surface area contributed by atoms with Crippen molar-refractivity contribution in [2.45, 2.75) is 73.7 Å². The SMILES string of the molecule is CCCCCCC[C@H]1O[C@@H]1[S@@](=O)(=NS(=O)(=O)c1ccc(C)cc1)c1ccccc1. The molecule has 158 valence electrons. The Balaban J connectivity index is 1.87. The minimum Gasteiger partial charge on any atom is -0.354 e. The summed E-state index contributed by atoms with van der Waals surface area (Å²) in [6, 6.07) is 15.0. The van der Waals surface area contributed by atoms with Crippen molar-refractivity contribution in [3.63, 3.8) is 0 Å². The average molecular weight is 436 g/mol. The van der Waals surface area contributed by atoms with E-state index in [0.717, 1.165) is 24.8 Å². The number of hydrogen-bond acceptors (Lipinski definition) is 4. The largest absolute Gasteiger partial charge is 0.354 e. The van der Waals surface area contributed by atoms with Crippen LogP contribution in [-0.4, -0.2) is 24.2 Å². The Morgan fingerprint density at radius 2 is 1.52 bits per heavy atom. The maximum atomic E-state index is 13.9. The standard InChI is InChI=1S/C22H29NO4S2/c1-3-4-5-6-10-13-21-22(27-21)28(24,19-11-8-7-9-12-19)23-29(25,26)20-16-14-18(2)15-17-20/h7-9,11-12,14-17,21-22H,3-6,10,13H2,1-2H3/t21-,22-,28-/m1/s1. The van der Waals surface area contributed by atoms with Crippen molar-refractivity contribution in [2.75, 3.05) is 0 Å². The summed E-state index contributed by atoms with van der Waals surface area (Å²) < 4.78 is 49.4. The normalized spacial score (nSPS) is 20.8. The molecule has 1 fully saturated rings. The van der Waals surface area contributed by atoms with Crippen LogP contribution in [0.5, 0.6) is 0 Å². The molecular weight excluding hydrogens is 406 g/mol. The second-order valence-electron chi connectivity index (χ2n) is 7.49. The fraction of sp³-hybridized carbons (Fsp3) is 0.455. The molecule has 3 atom stereocenters. The van der Waals surface area contributed by atoms with Crippen LogP contribution < -0.4 is 0 Å². The van der Waals surface area contributed by atoms with E-state index in [2.05, 4.69) is 10.7 Å². The summed E-state index contributed by atoms with van der Waals surface area (Å²) in [5.74, 6) is 0. The maximum Gasteiger partial charge on any atom is 0.290 e. The van der Waals surface area contributed by atoms with Crippen LogP contribution in [0.4, 0.5) is 0 Å². The molecule has 0 amide bonds. The quantitative estimate of drug-likeness (QED) is 0.375. The fourth-order valence-electron chi connectivity index (χ4n) is 3.30. The topological polar surface area (TPSA) is 76.1 Å². The maximum absolute atomic E-state index is 13.9. The Labute approximate surface area is 174 Å². The molecule has 0 aliphatic carbocycles. The van der Waals surface area contributed by atoms with Crippen molar-refractivity contribution in [1.82, 2.24) is 0 Å². The minimum atomic E-state index is -4.07. The van der Waals surface area contributed by atoms with Crippen molar-refractivity contribution in [1.29, 1.82) is 0 Å². The van der Waals surface area contributed by atoms with E-state index in [0.29, 0.717) is 4.90 Å². The molecule has 0 unspecified atom stereocenters. The van der Waals surface area contributed by atoms with Gasteiger partial charge in [-0.3, -0.25) is 0 Å². The van der Waals surface area contributed by atoms with Gasteiger partial charge in [-0.1, -0.05) is 78.7 Å². The number of sulfonamides is 1. The van der Waals surface area contributed by atoms with E-state index in [1.165, 1.54) is 31.4 Å². The van der Waals surface area contributed by atoms with Gasteiger partial charge in [0, 0.05) is 0 Å². The lowest BCUT2D eigenvalue weighted by atomic mass is 10.1. The molecule has 29 heavy (non-hydrogen) atoms. The van der Waals surface area contributed by atoms with Crippen LogP contribution in [0.2, 0.25) is 0 Å². The summed E-state index contributed by atoms with van der Waals surface area (Å²) in [6.45, 7) is 4.05. The molecule has 0 aromatic heterocycles. The first-order chi connectivity index (χ1) is 13.9. The van der Waals surface area contributed by atoms with Crippen LogP contribution in [0.15, 0.2) is 68.2 Å². The highest BCUT2D eigenvalue weighted by Crippen LogP contribution is 2.38. The lowest BCUT2D eigenvalue weighted by Crippen LogP contribution is -2.14. The first kappa shape index (κ1) is 22.0. The summed E-state index contributed by atoms with van der Waals surface area (Å²) in [5.41, 5.74) is 0.262. The van der Waals surface area contributed by atoms with Crippen molar-refractivity contribution >= 4 is 19.8 Å². The van der Waals surface area contributed by atoms with Gasteiger partial charge in [-0.2, -0.15) is 8.42 Å². The van der Waals surface area contributed by atoms with E-state index in [1.807, 2.05) is 6.92 Å². The average Bonchev–Trinajstić information content (AvgIpc) is 3.49. The highest BCUT2D eigenvalue weighted by Gasteiger charge is 2.48. The highest BCUT2D eigenvalue weighted by atomic mass is 32.3. The molecule has 0 bridgehead atoms. The summed E-state index contributed by atoms with van der Waals surface area (Å²) in [7, 11) is -7.35. The second-order valence-corrected chi connectivity index (χ2v) is 11.6. The Hall–Kier alpha value is -1.70. The van der Waals surface area contributed by atoms with E-state index >= 15 is 0 Å². The predicted molar refractivity (Wildman–Crippen MR) is 116 cm³/mol. The van der Waals surface area contributed by atoms with Crippen molar-refractivity contribution in [3.05, 3.63) is 60.2 Å². The lowest BCUT2D eigenvalue weighted by Gasteiger charge is -2.09. The van der Waals surface area contributed by atoms with Gasteiger partial charge in [0.15, 0.2) is 5.44 Å². The molecule has 0 spiro atoms. The Morgan fingerprint density at radius 3 is 2.17 bits per heavy atom. The molecule has 5 nitrogen and oxygen atoms in total. The molecule has 1 saturated heterocycles.